The van der Waals surface area contributed by atoms with E-state index in [2.05, 4.69) is 35.1 Å². The molecule has 0 unspecified atom stereocenters. The van der Waals surface area contributed by atoms with Crippen molar-refractivity contribution in [3.05, 3.63) is 23.7 Å². The lowest BCUT2D eigenvalue weighted by Crippen LogP contribution is -2.33. The van der Waals surface area contributed by atoms with Crippen LogP contribution in [0.1, 0.15) is 29.8 Å². The first-order valence-electron chi connectivity index (χ1n) is 8.41. The number of H-pyrrole nitrogens is 1. The number of likely N-dealkylation sites (N-methyl/N-ethyl adjacent to an activating group) is 1. The van der Waals surface area contributed by atoms with Crippen LogP contribution in [0, 0.1) is 13.8 Å². The van der Waals surface area contributed by atoms with Crippen molar-refractivity contribution in [3.63, 3.8) is 0 Å². The number of anilines is 1. The van der Waals surface area contributed by atoms with Gasteiger partial charge in [0.05, 0.1) is 23.6 Å². The summed E-state index contributed by atoms with van der Waals surface area (Å²) in [5.74, 6) is 3.46. The van der Waals surface area contributed by atoms with Crippen molar-refractivity contribution in [2.45, 2.75) is 32.3 Å². The number of fused-ring (bicyclic) bond motifs is 1. The van der Waals surface area contributed by atoms with Crippen LogP contribution in [0.3, 0.4) is 0 Å². The summed E-state index contributed by atoms with van der Waals surface area (Å²) in [5, 5.41) is 12.5. The largest absolute Gasteiger partial charge is 0.376 e. The number of rotatable bonds is 4. The van der Waals surface area contributed by atoms with Crippen LogP contribution in [0.25, 0.3) is 11.0 Å². The molecule has 0 spiro atoms. The zero-order valence-electron chi connectivity index (χ0n) is 14.9. The zero-order valence-corrected chi connectivity index (χ0v) is 14.9. The average Bonchev–Trinajstić information content (AvgIpc) is 3.28. The summed E-state index contributed by atoms with van der Waals surface area (Å²) in [6.07, 6.45) is 2.77. The van der Waals surface area contributed by atoms with Crippen molar-refractivity contribution in [2.75, 3.05) is 25.1 Å². The summed E-state index contributed by atoms with van der Waals surface area (Å²) in [6, 6.07) is 0. The molecule has 1 N–H and O–H groups in total. The standard InChI is InChI=1S/C16H22N8O/c1-9-19-15(12-7-17-24(4)16(12)20-9)23(3)8-13-11(5-6-25-13)14-18-10(2)21-22-14/h7,11,13H,5-6,8H2,1-4H3,(H,18,21,22)/t11-,13-/m0/s1. The Morgan fingerprint density at radius 3 is 2.92 bits per heavy atom. The minimum absolute atomic E-state index is 0.0298. The normalized spacial score (nSPS) is 20.5. The number of hydrogen-bond acceptors (Lipinski definition) is 7. The third-order valence-electron chi connectivity index (χ3n) is 4.65. The molecule has 4 rings (SSSR count). The van der Waals surface area contributed by atoms with Gasteiger partial charge in [-0.15, -0.1) is 0 Å². The lowest BCUT2D eigenvalue weighted by molar-refractivity contribution is 0.108. The van der Waals surface area contributed by atoms with Gasteiger partial charge in [0.1, 0.15) is 17.5 Å². The molecule has 3 aromatic heterocycles. The second kappa shape index (κ2) is 6.07. The fourth-order valence-corrected chi connectivity index (χ4v) is 3.41. The minimum Gasteiger partial charge on any atom is -0.376 e. The van der Waals surface area contributed by atoms with E-state index in [0.717, 1.165) is 47.4 Å². The number of aryl methyl sites for hydroxylation is 3. The van der Waals surface area contributed by atoms with E-state index in [-0.39, 0.29) is 12.0 Å². The zero-order chi connectivity index (χ0) is 17.6. The number of aromatic amines is 1. The Morgan fingerprint density at radius 1 is 1.32 bits per heavy atom. The van der Waals surface area contributed by atoms with Gasteiger partial charge in [0.2, 0.25) is 0 Å². The second-order valence-corrected chi connectivity index (χ2v) is 6.56. The molecule has 0 amide bonds. The topological polar surface area (TPSA) is 97.6 Å². The van der Waals surface area contributed by atoms with Crippen LogP contribution in [0.2, 0.25) is 0 Å². The van der Waals surface area contributed by atoms with Crippen LogP contribution < -0.4 is 4.90 Å². The Morgan fingerprint density at radius 2 is 2.16 bits per heavy atom. The molecule has 1 fully saturated rings. The van der Waals surface area contributed by atoms with Gasteiger partial charge in [0, 0.05) is 27.2 Å². The summed E-state index contributed by atoms with van der Waals surface area (Å²) in [4.78, 5) is 15.7. The van der Waals surface area contributed by atoms with Crippen molar-refractivity contribution >= 4 is 16.9 Å². The van der Waals surface area contributed by atoms with E-state index < -0.39 is 0 Å². The molecule has 0 radical (unpaired) electrons. The first-order valence-corrected chi connectivity index (χ1v) is 8.41. The highest BCUT2D eigenvalue weighted by Gasteiger charge is 2.34. The molecule has 0 aromatic carbocycles. The molecule has 1 aliphatic heterocycles. The summed E-state index contributed by atoms with van der Waals surface area (Å²) in [5.41, 5.74) is 0.836. The molecule has 1 saturated heterocycles. The first-order chi connectivity index (χ1) is 12.0. The Hall–Kier alpha value is -2.55. The summed E-state index contributed by atoms with van der Waals surface area (Å²) >= 11 is 0. The molecule has 0 saturated carbocycles. The van der Waals surface area contributed by atoms with E-state index in [4.69, 9.17) is 4.74 Å². The van der Waals surface area contributed by atoms with Crippen molar-refractivity contribution in [1.29, 1.82) is 0 Å². The maximum absolute atomic E-state index is 5.97. The van der Waals surface area contributed by atoms with Crippen LogP contribution in [0.4, 0.5) is 5.82 Å². The highest BCUT2D eigenvalue weighted by atomic mass is 16.5. The van der Waals surface area contributed by atoms with E-state index in [0.29, 0.717) is 6.54 Å². The van der Waals surface area contributed by atoms with Gasteiger partial charge in [0.15, 0.2) is 11.5 Å². The van der Waals surface area contributed by atoms with E-state index in [9.17, 15) is 0 Å². The highest BCUT2D eigenvalue weighted by molar-refractivity contribution is 5.86. The number of nitrogens with zero attached hydrogens (tertiary/aromatic N) is 7. The maximum Gasteiger partial charge on any atom is 0.163 e. The summed E-state index contributed by atoms with van der Waals surface area (Å²) in [6.45, 7) is 5.24. The Bertz CT molecular complexity index is 901. The van der Waals surface area contributed by atoms with Crippen LogP contribution >= 0.6 is 0 Å². The Balaban J connectivity index is 1.60. The lowest BCUT2D eigenvalue weighted by Gasteiger charge is -2.25. The number of ether oxygens (including phenoxy) is 1. The highest BCUT2D eigenvalue weighted by Crippen LogP contribution is 2.31. The van der Waals surface area contributed by atoms with E-state index >= 15 is 0 Å². The summed E-state index contributed by atoms with van der Waals surface area (Å²) < 4.78 is 7.74. The smallest absolute Gasteiger partial charge is 0.163 e. The van der Waals surface area contributed by atoms with Gasteiger partial charge in [-0.3, -0.25) is 9.78 Å². The van der Waals surface area contributed by atoms with Crippen molar-refractivity contribution in [2.24, 2.45) is 7.05 Å². The Labute approximate surface area is 145 Å². The van der Waals surface area contributed by atoms with Crippen molar-refractivity contribution in [3.8, 4) is 0 Å². The van der Waals surface area contributed by atoms with Crippen LogP contribution in [0.15, 0.2) is 6.20 Å². The predicted octanol–water partition coefficient (Wildman–Crippen LogP) is 1.11. The molecule has 9 nitrogen and oxygen atoms in total. The van der Waals surface area contributed by atoms with E-state index in [1.165, 1.54) is 0 Å². The first kappa shape index (κ1) is 15.9. The minimum atomic E-state index is 0.0298. The monoisotopic (exact) mass is 342 g/mol. The van der Waals surface area contributed by atoms with Gasteiger partial charge in [-0.05, 0) is 20.3 Å². The molecule has 25 heavy (non-hydrogen) atoms. The van der Waals surface area contributed by atoms with Crippen LogP contribution in [-0.4, -0.2) is 61.2 Å². The third-order valence-corrected chi connectivity index (χ3v) is 4.65. The molecular formula is C16H22N8O. The van der Waals surface area contributed by atoms with Gasteiger partial charge in [0.25, 0.3) is 0 Å². The molecule has 2 atom stereocenters. The molecule has 0 bridgehead atoms. The Kier molecular flexibility index (Phi) is 3.87. The van der Waals surface area contributed by atoms with Crippen LogP contribution in [-0.2, 0) is 11.8 Å². The molecule has 4 heterocycles. The summed E-state index contributed by atoms with van der Waals surface area (Å²) in [7, 11) is 3.91. The molecular weight excluding hydrogens is 320 g/mol. The number of hydrogen-bond donors (Lipinski definition) is 1. The van der Waals surface area contributed by atoms with E-state index in [1.807, 2.05) is 34.1 Å². The molecule has 9 heteroatoms. The second-order valence-electron chi connectivity index (χ2n) is 6.56. The van der Waals surface area contributed by atoms with Gasteiger partial charge < -0.3 is 9.64 Å². The fourth-order valence-electron chi connectivity index (χ4n) is 3.41. The molecule has 0 aliphatic carbocycles. The van der Waals surface area contributed by atoms with Gasteiger partial charge >= 0.3 is 0 Å². The SMILES string of the molecule is Cc1nc(N(C)C[C@@H]2OCC[C@@H]2c2n[nH]c(C)n2)c2cnn(C)c2n1. The van der Waals surface area contributed by atoms with Gasteiger partial charge in [-0.2, -0.15) is 10.2 Å². The number of aromatic nitrogens is 7. The average molecular weight is 342 g/mol. The fraction of sp³-hybridized carbons (Fsp3) is 0.562. The van der Waals surface area contributed by atoms with Gasteiger partial charge in [-0.1, -0.05) is 0 Å². The number of nitrogens with one attached hydrogen (secondary N) is 1. The van der Waals surface area contributed by atoms with Crippen LogP contribution in [0.5, 0.6) is 0 Å². The van der Waals surface area contributed by atoms with E-state index in [1.54, 1.807) is 4.68 Å². The molecule has 1 aliphatic rings. The van der Waals surface area contributed by atoms with Crippen molar-refractivity contribution in [1.82, 2.24) is 34.9 Å². The van der Waals surface area contributed by atoms with Crippen molar-refractivity contribution < 1.29 is 4.74 Å². The molecule has 3 aromatic rings. The van der Waals surface area contributed by atoms with Gasteiger partial charge in [-0.25, -0.2) is 15.0 Å². The molecule has 132 valence electrons. The predicted molar refractivity (Wildman–Crippen MR) is 92.5 cm³/mol. The third kappa shape index (κ3) is 2.84. The lowest BCUT2D eigenvalue weighted by atomic mass is 10.0. The maximum atomic E-state index is 5.97. The quantitative estimate of drug-likeness (QED) is 0.758.